The van der Waals surface area contributed by atoms with E-state index in [2.05, 4.69) is 46.7 Å². The van der Waals surface area contributed by atoms with Gasteiger partial charge in [-0.1, -0.05) is 66.4 Å². The molecule has 3 aromatic carbocycles. The van der Waals surface area contributed by atoms with Crippen LogP contribution in [0.25, 0.3) is 11.1 Å². The van der Waals surface area contributed by atoms with Crippen molar-refractivity contribution in [1.29, 1.82) is 0 Å². The molecule has 150 valence electrons. The molecule has 4 heteroatoms. The van der Waals surface area contributed by atoms with Crippen molar-refractivity contribution in [3.8, 4) is 23.0 Å². The van der Waals surface area contributed by atoms with Crippen molar-refractivity contribution in [1.82, 2.24) is 5.32 Å². The van der Waals surface area contributed by atoms with Gasteiger partial charge in [0.15, 0.2) is 0 Å². The molecule has 1 amide bonds. The molecule has 4 rings (SSSR count). The summed E-state index contributed by atoms with van der Waals surface area (Å²) in [6, 6.07) is 24.5. The number of carbonyl (C=O) groups excluding carboxylic acids is 1. The minimum Gasteiger partial charge on any atom is -0.449 e. The number of alkyl carbamates (subject to hydrolysis) is 1. The standard InChI is InChI=1S/C26H24N2O2/c1-27-20-11-8-10-19(17-20)9-6-7-16-28-26(29)30-18-25-23-14-4-2-12-21(23)22-13-3-5-15-24(22)25/h2-5,8,10-15,17,25,27H,7,16,18H2,1H3,(H,28,29). The highest BCUT2D eigenvalue weighted by Crippen LogP contribution is 2.44. The van der Waals surface area contributed by atoms with E-state index in [1.165, 1.54) is 22.3 Å². The average Bonchev–Trinajstić information content (AvgIpc) is 3.11. The lowest BCUT2D eigenvalue weighted by molar-refractivity contribution is 0.143. The van der Waals surface area contributed by atoms with Crippen molar-refractivity contribution in [3.63, 3.8) is 0 Å². The van der Waals surface area contributed by atoms with Gasteiger partial charge < -0.3 is 15.4 Å². The van der Waals surface area contributed by atoms with Crippen LogP contribution in [0.1, 0.15) is 29.0 Å². The van der Waals surface area contributed by atoms with E-state index < -0.39 is 6.09 Å². The molecule has 1 aliphatic rings. The summed E-state index contributed by atoms with van der Waals surface area (Å²) < 4.78 is 5.53. The Kier molecular flexibility index (Phi) is 6.01. The van der Waals surface area contributed by atoms with Crippen molar-refractivity contribution in [2.75, 3.05) is 25.5 Å². The summed E-state index contributed by atoms with van der Waals surface area (Å²) in [6.45, 7) is 0.776. The Balaban J connectivity index is 1.28. The lowest BCUT2D eigenvalue weighted by Gasteiger charge is -2.14. The highest BCUT2D eigenvalue weighted by molar-refractivity contribution is 5.79. The third-order valence-corrected chi connectivity index (χ3v) is 5.25. The third kappa shape index (κ3) is 4.31. The SMILES string of the molecule is CNc1cccc(C#CCCNC(=O)OCC2c3ccccc3-c3ccccc32)c1. The second-order valence-corrected chi connectivity index (χ2v) is 7.13. The molecule has 2 N–H and O–H groups in total. The molecule has 0 heterocycles. The van der Waals surface area contributed by atoms with Gasteiger partial charge >= 0.3 is 6.09 Å². The second-order valence-electron chi connectivity index (χ2n) is 7.13. The second kappa shape index (κ2) is 9.19. The van der Waals surface area contributed by atoms with Gasteiger partial charge in [0.05, 0.1) is 0 Å². The summed E-state index contributed by atoms with van der Waals surface area (Å²) in [7, 11) is 1.88. The fraction of sp³-hybridized carbons (Fsp3) is 0.192. The molecule has 0 bridgehead atoms. The number of hydrogen-bond acceptors (Lipinski definition) is 3. The van der Waals surface area contributed by atoms with E-state index in [1.54, 1.807) is 0 Å². The van der Waals surface area contributed by atoms with Gasteiger partial charge in [-0.3, -0.25) is 0 Å². The minimum atomic E-state index is -0.407. The fourth-order valence-corrected chi connectivity index (χ4v) is 3.79. The van der Waals surface area contributed by atoms with Crippen LogP contribution in [-0.2, 0) is 4.74 Å². The molecule has 0 saturated carbocycles. The molecular formula is C26H24N2O2. The van der Waals surface area contributed by atoms with Crippen LogP contribution in [-0.4, -0.2) is 26.3 Å². The summed E-state index contributed by atoms with van der Waals surface area (Å²) in [6.07, 6.45) is 0.157. The van der Waals surface area contributed by atoms with Crippen molar-refractivity contribution in [3.05, 3.63) is 89.5 Å². The average molecular weight is 396 g/mol. The fourth-order valence-electron chi connectivity index (χ4n) is 3.79. The molecule has 30 heavy (non-hydrogen) atoms. The zero-order chi connectivity index (χ0) is 20.8. The first-order chi connectivity index (χ1) is 14.8. The van der Waals surface area contributed by atoms with Crippen LogP contribution in [0.3, 0.4) is 0 Å². The Hall–Kier alpha value is -3.71. The van der Waals surface area contributed by atoms with Gasteiger partial charge in [-0.15, -0.1) is 0 Å². The predicted molar refractivity (Wildman–Crippen MR) is 121 cm³/mol. The number of nitrogens with one attached hydrogen (secondary N) is 2. The number of ether oxygens (including phenoxy) is 1. The van der Waals surface area contributed by atoms with Gasteiger partial charge in [0, 0.05) is 37.2 Å². The lowest BCUT2D eigenvalue weighted by atomic mass is 9.98. The zero-order valence-corrected chi connectivity index (χ0v) is 16.9. The van der Waals surface area contributed by atoms with Gasteiger partial charge in [0.1, 0.15) is 6.61 Å². The van der Waals surface area contributed by atoms with E-state index >= 15 is 0 Å². The molecule has 0 atom stereocenters. The molecule has 0 aromatic heterocycles. The zero-order valence-electron chi connectivity index (χ0n) is 16.9. The molecule has 4 nitrogen and oxygen atoms in total. The summed E-state index contributed by atoms with van der Waals surface area (Å²) in [5.74, 6) is 6.26. The van der Waals surface area contributed by atoms with Crippen molar-refractivity contribution in [2.24, 2.45) is 0 Å². The third-order valence-electron chi connectivity index (χ3n) is 5.25. The summed E-state index contributed by atoms with van der Waals surface area (Å²) in [5.41, 5.74) is 6.84. The Bertz CT molecular complexity index is 1070. The molecular weight excluding hydrogens is 372 g/mol. The Morgan fingerprint density at radius 2 is 1.67 bits per heavy atom. The van der Waals surface area contributed by atoms with Crippen molar-refractivity contribution in [2.45, 2.75) is 12.3 Å². The molecule has 0 fully saturated rings. The van der Waals surface area contributed by atoms with Crippen LogP contribution in [0.5, 0.6) is 0 Å². The quantitative estimate of drug-likeness (QED) is 0.471. The van der Waals surface area contributed by atoms with Gasteiger partial charge in [0.25, 0.3) is 0 Å². The molecule has 1 aliphatic carbocycles. The van der Waals surface area contributed by atoms with Crippen LogP contribution in [0, 0.1) is 11.8 Å². The number of anilines is 1. The van der Waals surface area contributed by atoms with Crippen molar-refractivity contribution >= 4 is 11.8 Å². The molecule has 3 aromatic rings. The van der Waals surface area contributed by atoms with E-state index in [4.69, 9.17) is 4.74 Å². The number of rotatable bonds is 5. The normalized spacial score (nSPS) is 11.6. The van der Waals surface area contributed by atoms with Crippen LogP contribution in [0.4, 0.5) is 10.5 Å². The highest BCUT2D eigenvalue weighted by atomic mass is 16.5. The van der Waals surface area contributed by atoms with Crippen LogP contribution < -0.4 is 10.6 Å². The first-order valence-corrected chi connectivity index (χ1v) is 10.1. The van der Waals surface area contributed by atoms with E-state index in [0.717, 1.165) is 11.3 Å². The largest absolute Gasteiger partial charge is 0.449 e. The van der Waals surface area contributed by atoms with Crippen LogP contribution >= 0.6 is 0 Å². The van der Waals surface area contributed by atoms with E-state index in [0.29, 0.717) is 19.6 Å². The van der Waals surface area contributed by atoms with E-state index in [-0.39, 0.29) is 5.92 Å². The minimum absolute atomic E-state index is 0.0717. The van der Waals surface area contributed by atoms with Crippen molar-refractivity contribution < 1.29 is 9.53 Å². The monoisotopic (exact) mass is 396 g/mol. The molecule has 0 aliphatic heterocycles. The Labute approximate surface area is 177 Å². The van der Waals surface area contributed by atoms with E-state index in [9.17, 15) is 4.79 Å². The topological polar surface area (TPSA) is 50.4 Å². The predicted octanol–water partition coefficient (Wildman–Crippen LogP) is 5.01. The maximum Gasteiger partial charge on any atom is 0.407 e. The first kappa shape index (κ1) is 19.6. The Morgan fingerprint density at radius 3 is 2.37 bits per heavy atom. The maximum atomic E-state index is 12.2. The molecule has 0 radical (unpaired) electrons. The van der Waals surface area contributed by atoms with Crippen LogP contribution in [0.15, 0.2) is 72.8 Å². The maximum absolute atomic E-state index is 12.2. The van der Waals surface area contributed by atoms with Gasteiger partial charge in [-0.2, -0.15) is 0 Å². The smallest absolute Gasteiger partial charge is 0.407 e. The lowest BCUT2D eigenvalue weighted by Crippen LogP contribution is -2.26. The molecule has 0 saturated heterocycles. The number of hydrogen-bond donors (Lipinski definition) is 2. The van der Waals surface area contributed by atoms with Gasteiger partial charge in [-0.25, -0.2) is 4.79 Å². The Morgan fingerprint density at radius 1 is 0.967 bits per heavy atom. The summed E-state index contributed by atoms with van der Waals surface area (Å²) in [5, 5.41) is 5.88. The van der Waals surface area contributed by atoms with Gasteiger partial charge in [-0.05, 0) is 40.5 Å². The number of fused-ring (bicyclic) bond motifs is 3. The van der Waals surface area contributed by atoms with Gasteiger partial charge in [0.2, 0.25) is 0 Å². The van der Waals surface area contributed by atoms with E-state index in [1.807, 2.05) is 55.6 Å². The number of carbonyl (C=O) groups is 1. The first-order valence-electron chi connectivity index (χ1n) is 10.1. The summed E-state index contributed by atoms with van der Waals surface area (Å²) in [4.78, 5) is 12.2. The molecule has 0 spiro atoms. The van der Waals surface area contributed by atoms with Crippen LogP contribution in [0.2, 0.25) is 0 Å². The highest BCUT2D eigenvalue weighted by Gasteiger charge is 2.28. The number of benzene rings is 3. The summed E-state index contributed by atoms with van der Waals surface area (Å²) >= 11 is 0. The number of amides is 1. The molecule has 0 unspecified atom stereocenters.